The molecule has 0 saturated heterocycles. The maximum atomic E-state index is 13.5. The van der Waals surface area contributed by atoms with Gasteiger partial charge in [0, 0.05) is 17.1 Å². The number of thiazole rings is 1. The Morgan fingerprint density at radius 1 is 1.04 bits per heavy atom. The first-order valence-electron chi connectivity index (χ1n) is 11.8. The lowest BCUT2D eigenvalue weighted by Crippen LogP contribution is -2.50. The molecule has 154 valence electrons. The van der Waals surface area contributed by atoms with Crippen LogP contribution in [0.25, 0.3) is 0 Å². The van der Waals surface area contributed by atoms with Crippen molar-refractivity contribution in [3.05, 3.63) is 15.4 Å². The topological polar surface area (TPSA) is 34.4 Å². The van der Waals surface area contributed by atoms with Crippen molar-refractivity contribution < 1.29 is 4.79 Å². The second-order valence-electron chi connectivity index (χ2n) is 10.6. The summed E-state index contributed by atoms with van der Waals surface area (Å²) in [4.78, 5) is 20.6. The van der Waals surface area contributed by atoms with E-state index in [0.29, 0.717) is 0 Å². The number of nitrogens with zero attached hydrogens (tertiary/aromatic N) is 2. The number of rotatable bonds is 4. The predicted molar refractivity (Wildman–Crippen MR) is 114 cm³/mol. The van der Waals surface area contributed by atoms with Crippen molar-refractivity contribution in [1.29, 1.82) is 0 Å². The molecular formula is C24H36N2OS. The van der Waals surface area contributed by atoms with Crippen LogP contribution >= 0.6 is 11.3 Å². The number of carbonyl (C=O) groups excluding carboxylic acids is 1. The van der Waals surface area contributed by atoms with Gasteiger partial charge < -0.3 is 4.57 Å². The number of hydrogen-bond donors (Lipinski definition) is 0. The zero-order valence-corrected chi connectivity index (χ0v) is 18.5. The van der Waals surface area contributed by atoms with Crippen LogP contribution in [0.4, 0.5) is 0 Å². The molecule has 28 heavy (non-hydrogen) atoms. The highest BCUT2D eigenvalue weighted by molar-refractivity contribution is 7.09. The lowest BCUT2D eigenvalue weighted by Gasteiger charge is -2.55. The summed E-state index contributed by atoms with van der Waals surface area (Å²) in [7, 11) is 0. The summed E-state index contributed by atoms with van der Waals surface area (Å²) in [6.07, 6.45) is 15.7. The first-order chi connectivity index (χ1) is 13.5. The molecule has 1 amide bonds. The van der Waals surface area contributed by atoms with Gasteiger partial charge in [-0.15, -0.1) is 11.3 Å². The summed E-state index contributed by atoms with van der Waals surface area (Å²) in [6.45, 7) is 5.43. The van der Waals surface area contributed by atoms with Gasteiger partial charge in [0.1, 0.15) is 0 Å². The second kappa shape index (κ2) is 7.41. The first-order valence-corrected chi connectivity index (χ1v) is 12.6. The summed E-state index contributed by atoms with van der Waals surface area (Å²) in [5.41, 5.74) is 1.21. The first kappa shape index (κ1) is 19.1. The average molecular weight is 401 g/mol. The van der Waals surface area contributed by atoms with Crippen molar-refractivity contribution in [2.45, 2.75) is 97.4 Å². The van der Waals surface area contributed by atoms with Gasteiger partial charge in [0.25, 0.3) is 5.91 Å². The minimum absolute atomic E-state index is 0.109. The van der Waals surface area contributed by atoms with E-state index in [-0.39, 0.29) is 11.3 Å². The van der Waals surface area contributed by atoms with Gasteiger partial charge in [-0.3, -0.25) is 4.79 Å². The zero-order chi connectivity index (χ0) is 19.3. The Balaban J connectivity index is 1.38. The average Bonchev–Trinajstić information content (AvgIpc) is 2.93. The van der Waals surface area contributed by atoms with E-state index in [1.54, 1.807) is 11.3 Å². The monoisotopic (exact) mass is 400 g/mol. The van der Waals surface area contributed by atoms with E-state index >= 15 is 0 Å². The van der Waals surface area contributed by atoms with Gasteiger partial charge in [-0.25, -0.2) is 0 Å². The Morgan fingerprint density at radius 3 is 2.25 bits per heavy atom. The van der Waals surface area contributed by atoms with Crippen LogP contribution in [0.2, 0.25) is 0 Å². The number of amides is 1. The molecule has 3 nitrogen and oxygen atoms in total. The highest BCUT2D eigenvalue weighted by atomic mass is 32.1. The van der Waals surface area contributed by atoms with Crippen LogP contribution in [0, 0.1) is 42.9 Å². The zero-order valence-electron chi connectivity index (χ0n) is 17.7. The third-order valence-electron chi connectivity index (χ3n) is 8.56. The molecule has 0 atom stereocenters. The summed E-state index contributed by atoms with van der Waals surface area (Å²) >= 11 is 1.74. The smallest absolute Gasteiger partial charge is 0.254 e. The number of hydrogen-bond acceptors (Lipinski definition) is 2. The molecule has 5 fully saturated rings. The normalized spacial score (nSPS) is 35.6. The van der Waals surface area contributed by atoms with Crippen LogP contribution in [0.5, 0.6) is 0 Å². The third-order valence-corrected chi connectivity index (χ3v) is 9.66. The van der Waals surface area contributed by atoms with Crippen LogP contribution in [0.3, 0.4) is 0 Å². The number of aromatic nitrogens is 1. The van der Waals surface area contributed by atoms with E-state index in [1.807, 2.05) is 0 Å². The van der Waals surface area contributed by atoms with Gasteiger partial charge in [0.05, 0.1) is 5.41 Å². The molecule has 1 aromatic rings. The molecule has 5 aliphatic rings. The van der Waals surface area contributed by atoms with Crippen molar-refractivity contribution in [2.24, 2.45) is 34.1 Å². The molecule has 0 N–H and O–H groups in total. The number of carbonyl (C=O) groups is 1. The molecule has 1 heterocycles. The molecule has 0 unspecified atom stereocenters. The molecule has 6 rings (SSSR count). The molecule has 5 aliphatic carbocycles. The van der Waals surface area contributed by atoms with E-state index in [0.717, 1.165) is 54.3 Å². The van der Waals surface area contributed by atoms with E-state index in [4.69, 9.17) is 4.99 Å². The van der Waals surface area contributed by atoms with Crippen molar-refractivity contribution >= 4 is 17.2 Å². The van der Waals surface area contributed by atoms with Crippen LogP contribution in [0.15, 0.2) is 4.99 Å². The van der Waals surface area contributed by atoms with E-state index < -0.39 is 0 Å². The van der Waals surface area contributed by atoms with Gasteiger partial charge in [-0.05, 0) is 82.5 Å². The van der Waals surface area contributed by atoms with Gasteiger partial charge in [0.15, 0.2) is 4.80 Å². The molecular weight excluding hydrogens is 364 g/mol. The van der Waals surface area contributed by atoms with Crippen molar-refractivity contribution in [3.8, 4) is 0 Å². The Kier molecular flexibility index (Phi) is 5.05. The molecule has 0 aliphatic heterocycles. The van der Waals surface area contributed by atoms with E-state index in [9.17, 15) is 4.79 Å². The summed E-state index contributed by atoms with van der Waals surface area (Å²) in [5.74, 6) is 3.49. The minimum atomic E-state index is -0.109. The van der Waals surface area contributed by atoms with Crippen LogP contribution in [-0.4, -0.2) is 10.5 Å². The standard InChI is InChI=1S/C24H36N2OS/c1-16-17(2)28-23(26(16)9-8-18-6-4-3-5-7-18)25-22(27)24-13-19-10-20(14-24)12-21(11-19)15-24/h18-21H,3-15H2,1-2H3. The van der Waals surface area contributed by atoms with Crippen molar-refractivity contribution in [3.63, 3.8) is 0 Å². The van der Waals surface area contributed by atoms with Gasteiger partial charge in [-0.1, -0.05) is 32.1 Å². The summed E-state index contributed by atoms with van der Waals surface area (Å²) in [6, 6.07) is 0. The fourth-order valence-electron chi connectivity index (χ4n) is 7.31. The Hall–Kier alpha value is -0.900. The van der Waals surface area contributed by atoms with Gasteiger partial charge >= 0.3 is 0 Å². The van der Waals surface area contributed by atoms with E-state index in [2.05, 4.69) is 18.4 Å². The van der Waals surface area contributed by atoms with Crippen molar-refractivity contribution in [2.75, 3.05) is 0 Å². The number of aryl methyl sites for hydroxylation is 1. The molecule has 1 aromatic heterocycles. The Bertz CT molecular complexity index is 776. The van der Waals surface area contributed by atoms with Gasteiger partial charge in [-0.2, -0.15) is 4.99 Å². The molecule has 5 saturated carbocycles. The lowest BCUT2D eigenvalue weighted by atomic mass is 9.49. The predicted octanol–water partition coefficient (Wildman–Crippen LogP) is 5.78. The van der Waals surface area contributed by atoms with Crippen LogP contribution in [0.1, 0.15) is 87.6 Å². The van der Waals surface area contributed by atoms with Crippen molar-refractivity contribution in [1.82, 2.24) is 4.57 Å². The Morgan fingerprint density at radius 2 is 1.64 bits per heavy atom. The van der Waals surface area contributed by atoms with Crippen LogP contribution < -0.4 is 4.80 Å². The maximum absolute atomic E-state index is 13.5. The fourth-order valence-corrected chi connectivity index (χ4v) is 8.31. The molecule has 0 spiro atoms. The fraction of sp³-hybridized carbons (Fsp3) is 0.833. The SMILES string of the molecule is Cc1sc(=NC(=O)C23CC4CC(CC(C4)C2)C3)n(CCC2CCCCC2)c1C. The summed E-state index contributed by atoms with van der Waals surface area (Å²) in [5, 5.41) is 0. The molecule has 0 aromatic carbocycles. The molecule has 4 bridgehead atoms. The molecule has 4 heteroatoms. The van der Waals surface area contributed by atoms with E-state index in [1.165, 1.54) is 68.4 Å². The quantitative estimate of drug-likeness (QED) is 0.631. The minimum Gasteiger partial charge on any atom is -0.321 e. The highest BCUT2D eigenvalue weighted by Crippen LogP contribution is 2.60. The maximum Gasteiger partial charge on any atom is 0.254 e. The highest BCUT2D eigenvalue weighted by Gasteiger charge is 2.54. The van der Waals surface area contributed by atoms with Gasteiger partial charge in [0.2, 0.25) is 0 Å². The molecule has 0 radical (unpaired) electrons. The van der Waals surface area contributed by atoms with Crippen LogP contribution in [-0.2, 0) is 11.3 Å². The largest absolute Gasteiger partial charge is 0.321 e. The summed E-state index contributed by atoms with van der Waals surface area (Å²) < 4.78 is 2.37. The third kappa shape index (κ3) is 3.44. The lowest BCUT2D eigenvalue weighted by molar-refractivity contribution is -0.142. The second-order valence-corrected chi connectivity index (χ2v) is 11.8. The Labute approximate surface area is 173 Å².